The second-order valence-electron chi connectivity index (χ2n) is 17.9. The molecule has 0 bridgehead atoms. The van der Waals surface area contributed by atoms with Gasteiger partial charge in [0.2, 0.25) is 0 Å². The summed E-state index contributed by atoms with van der Waals surface area (Å²) in [6.07, 6.45) is 8.16. The Morgan fingerprint density at radius 2 is 1.31 bits per heavy atom. The van der Waals surface area contributed by atoms with Crippen LogP contribution in [0.25, 0.3) is 71.3 Å². The smallest absolute Gasteiger partial charge is 0.266 e. The molecule has 0 aliphatic carbocycles. The first-order valence-electron chi connectivity index (χ1n) is 23.6. The summed E-state index contributed by atoms with van der Waals surface area (Å²) >= 11 is 11.3. The van der Waals surface area contributed by atoms with Gasteiger partial charge in [-0.25, -0.2) is 0 Å². The highest BCUT2D eigenvalue weighted by atomic mass is 32.1. The van der Waals surface area contributed by atoms with Crippen LogP contribution >= 0.6 is 68.0 Å². The molecule has 0 saturated heterocycles. The first-order valence-corrected chi connectivity index (χ1v) is 28.5. The van der Waals surface area contributed by atoms with Crippen molar-refractivity contribution in [2.75, 3.05) is 6.54 Å². The molecule has 3 nitrogen and oxygen atoms in total. The zero-order chi connectivity index (χ0) is 44.9. The first-order chi connectivity index (χ1) is 31.7. The summed E-state index contributed by atoms with van der Waals surface area (Å²) in [5.41, 5.74) is 6.00. The molecule has 1 N–H and O–H groups in total. The van der Waals surface area contributed by atoms with Crippen molar-refractivity contribution < 1.29 is 9.90 Å². The lowest BCUT2D eigenvalue weighted by Gasteiger charge is -2.21. The van der Waals surface area contributed by atoms with Gasteiger partial charge in [-0.2, -0.15) is 0 Å². The van der Waals surface area contributed by atoms with E-state index in [1.54, 1.807) is 16.2 Å². The predicted molar refractivity (Wildman–Crippen MR) is 289 cm³/mol. The monoisotopic (exact) mass is 967 g/mol. The number of carbonyl (C=O) groups is 1. The minimum Gasteiger partial charge on any atom is -0.369 e. The maximum atomic E-state index is 14.2. The Balaban J connectivity index is 1.24. The number of hydrogen-bond acceptors (Lipinski definition) is 8. The van der Waals surface area contributed by atoms with E-state index < -0.39 is 6.23 Å². The molecule has 0 spiro atoms. The van der Waals surface area contributed by atoms with E-state index in [4.69, 9.17) is 0 Å². The molecule has 3 unspecified atom stereocenters. The summed E-state index contributed by atoms with van der Waals surface area (Å²) < 4.78 is 3.81. The van der Waals surface area contributed by atoms with Crippen LogP contribution < -0.4 is 0 Å². The van der Waals surface area contributed by atoms with Crippen molar-refractivity contribution in [1.29, 1.82) is 0 Å². The number of amides is 1. The van der Waals surface area contributed by atoms with Crippen LogP contribution in [-0.2, 0) is 6.42 Å². The van der Waals surface area contributed by atoms with Gasteiger partial charge in [0.25, 0.3) is 5.91 Å². The molecule has 0 saturated carbocycles. The Morgan fingerprint density at radius 3 is 2.00 bits per heavy atom. The summed E-state index contributed by atoms with van der Waals surface area (Å²) in [4.78, 5) is 27.1. The molecule has 9 aromatic rings. The minimum absolute atomic E-state index is 0.0323. The van der Waals surface area contributed by atoms with Crippen LogP contribution in [0.5, 0.6) is 0 Å². The van der Waals surface area contributed by atoms with Gasteiger partial charge in [0.1, 0.15) is 4.88 Å². The summed E-state index contributed by atoms with van der Waals surface area (Å²) in [6, 6.07) is 36.2. The standard InChI is InChI=1S/C56H57NO2S6/c1-7-11-19-34(10-4)29-37-24-25-41(60-37)45-39-31-44(63-51(39)46(42-27-26-40(61-42)32(5)9-3)38-30-43(62-50(38)45)36-22-17-14-18-23-36)52-53-47(49(64-52)33(6)35-20-15-13-16-21-35)48-54(65-53)56(59)57(55(48)58)28-12-8-2/h13-18,20-27,30-34,55,58H,7-12,19,28-29H2,1-6H3/t32-,33?,34?,55?/m0/s1. The molecule has 0 fully saturated rings. The van der Waals surface area contributed by atoms with Crippen LogP contribution in [-0.4, -0.2) is 22.5 Å². The van der Waals surface area contributed by atoms with Crippen LogP contribution in [0.4, 0.5) is 0 Å². The molecule has 4 atom stereocenters. The molecule has 334 valence electrons. The fourth-order valence-corrected chi connectivity index (χ4v) is 17.7. The Labute approximate surface area is 408 Å². The van der Waals surface area contributed by atoms with Crippen LogP contribution in [0.15, 0.2) is 97.1 Å². The van der Waals surface area contributed by atoms with E-state index in [0.717, 1.165) is 41.3 Å². The Hall–Kier alpha value is -3.93. The quantitative estimate of drug-likeness (QED) is 0.0988. The fourth-order valence-electron chi connectivity index (χ4n) is 9.69. The predicted octanol–water partition coefficient (Wildman–Crippen LogP) is 18.9. The van der Waals surface area contributed by atoms with Crippen molar-refractivity contribution in [2.24, 2.45) is 5.92 Å². The number of unbranched alkanes of at least 4 members (excludes halogenated alkanes) is 2. The van der Waals surface area contributed by atoms with Gasteiger partial charge < -0.3 is 10.0 Å². The highest BCUT2D eigenvalue weighted by Gasteiger charge is 2.41. The number of hydrogen-bond donors (Lipinski definition) is 1. The van der Waals surface area contributed by atoms with E-state index in [9.17, 15) is 9.90 Å². The first kappa shape index (κ1) is 44.9. The van der Waals surface area contributed by atoms with Crippen molar-refractivity contribution in [2.45, 2.75) is 111 Å². The van der Waals surface area contributed by atoms with Crippen LogP contribution in [0, 0.1) is 5.92 Å². The lowest BCUT2D eigenvalue weighted by atomic mass is 9.95. The van der Waals surface area contributed by atoms with Gasteiger partial charge in [0, 0.05) is 88.9 Å². The van der Waals surface area contributed by atoms with Crippen molar-refractivity contribution in [1.82, 2.24) is 4.90 Å². The third-order valence-corrected chi connectivity index (χ3v) is 21.4. The SMILES string of the molecule is CCCCC(CC)Cc1ccc(-c2c3cc(-c4sc(C(C)c5ccccc5)c5c6c(sc45)C(=O)N(CCCC)C6O)sc3c(-c3ccc([C@@H](C)CC)s3)c3cc(-c4ccccc4)sc23)s1. The molecule has 1 aliphatic heterocycles. The summed E-state index contributed by atoms with van der Waals surface area (Å²) in [7, 11) is 0. The summed E-state index contributed by atoms with van der Waals surface area (Å²) in [6.45, 7) is 14.3. The lowest BCUT2D eigenvalue weighted by molar-refractivity contribution is 0.0178. The zero-order valence-electron chi connectivity index (χ0n) is 38.2. The number of carbonyl (C=O) groups excluding carboxylic acids is 1. The number of aliphatic hydroxyl groups is 1. The topological polar surface area (TPSA) is 40.5 Å². The maximum Gasteiger partial charge on any atom is 0.266 e. The second kappa shape index (κ2) is 19.0. The molecule has 7 heterocycles. The van der Waals surface area contributed by atoms with Crippen LogP contribution in [0.2, 0.25) is 0 Å². The van der Waals surface area contributed by atoms with Gasteiger partial charge in [-0.05, 0) is 78.6 Å². The van der Waals surface area contributed by atoms with E-state index in [1.165, 1.54) is 107 Å². The number of benzene rings is 3. The minimum atomic E-state index is -0.936. The normalized spacial score (nSPS) is 15.5. The van der Waals surface area contributed by atoms with Crippen LogP contribution in [0.1, 0.15) is 140 Å². The molecule has 65 heavy (non-hydrogen) atoms. The molecule has 3 aromatic carbocycles. The fraction of sp³-hybridized carbons (Fsp3) is 0.339. The van der Waals surface area contributed by atoms with Gasteiger partial charge in [-0.3, -0.25) is 4.79 Å². The lowest BCUT2D eigenvalue weighted by Crippen LogP contribution is -2.29. The zero-order valence-corrected chi connectivity index (χ0v) is 43.1. The molecule has 1 aliphatic rings. The maximum absolute atomic E-state index is 14.2. The van der Waals surface area contributed by atoms with Crippen molar-refractivity contribution in [3.8, 4) is 41.1 Å². The van der Waals surface area contributed by atoms with Crippen molar-refractivity contribution in [3.63, 3.8) is 0 Å². The Bertz CT molecular complexity index is 3120. The number of rotatable bonds is 17. The average molecular weight is 968 g/mol. The Kier molecular flexibility index (Phi) is 13.1. The molecule has 9 heteroatoms. The van der Waals surface area contributed by atoms with Gasteiger partial charge in [-0.1, -0.05) is 134 Å². The number of nitrogens with zero attached hydrogens (tertiary/aromatic N) is 1. The highest BCUT2D eigenvalue weighted by molar-refractivity contribution is 7.32. The van der Waals surface area contributed by atoms with Gasteiger partial charge in [0.15, 0.2) is 6.23 Å². The van der Waals surface area contributed by atoms with Crippen LogP contribution in [0.3, 0.4) is 0 Å². The Morgan fingerprint density at radius 1 is 0.646 bits per heavy atom. The molecular weight excluding hydrogens is 911 g/mol. The molecule has 1 amide bonds. The third-order valence-electron chi connectivity index (χ3n) is 13.7. The van der Waals surface area contributed by atoms with E-state index >= 15 is 0 Å². The van der Waals surface area contributed by atoms with E-state index in [2.05, 4.69) is 139 Å². The van der Waals surface area contributed by atoms with Gasteiger partial charge >= 0.3 is 0 Å². The highest BCUT2D eigenvalue weighted by Crippen LogP contribution is 2.58. The van der Waals surface area contributed by atoms with E-state index in [0.29, 0.717) is 23.3 Å². The van der Waals surface area contributed by atoms with Crippen molar-refractivity contribution in [3.05, 3.63) is 128 Å². The summed E-state index contributed by atoms with van der Waals surface area (Å²) in [5, 5.41) is 15.7. The number of aliphatic hydroxyl groups excluding tert-OH is 1. The average Bonchev–Trinajstić information content (AvgIpc) is 4.21. The molecule has 10 rings (SSSR count). The second-order valence-corrected chi connectivity index (χ2v) is 24.4. The molecular formula is C56H57NO2S6. The largest absolute Gasteiger partial charge is 0.369 e. The van der Waals surface area contributed by atoms with Gasteiger partial charge in [0.05, 0.1) is 9.58 Å². The van der Waals surface area contributed by atoms with E-state index in [-0.39, 0.29) is 11.8 Å². The third kappa shape index (κ3) is 8.11. The number of fused-ring (bicyclic) bond motifs is 5. The van der Waals surface area contributed by atoms with Gasteiger partial charge in [-0.15, -0.1) is 68.0 Å². The number of thiophene rings is 6. The van der Waals surface area contributed by atoms with Crippen molar-refractivity contribution >= 4 is 104 Å². The molecule has 6 aromatic heterocycles. The molecule has 0 radical (unpaired) electrons. The van der Waals surface area contributed by atoms with E-state index in [1.807, 2.05) is 56.7 Å². The summed E-state index contributed by atoms with van der Waals surface area (Å²) in [5.74, 6) is 1.25.